The molecule has 0 saturated heterocycles. The Balaban J connectivity index is 1.68. The van der Waals surface area contributed by atoms with Gasteiger partial charge in [-0.3, -0.25) is 4.79 Å². The smallest absolute Gasteiger partial charge is 0.255 e. The van der Waals surface area contributed by atoms with E-state index in [9.17, 15) is 10.1 Å². The molecule has 2 aromatic rings. The first-order valence-electron chi connectivity index (χ1n) is 8.47. The third-order valence-electron chi connectivity index (χ3n) is 4.29. The van der Waals surface area contributed by atoms with Gasteiger partial charge in [0, 0.05) is 10.6 Å². The summed E-state index contributed by atoms with van der Waals surface area (Å²) < 4.78 is 0. The first-order chi connectivity index (χ1) is 12.2. The van der Waals surface area contributed by atoms with Crippen LogP contribution in [0.25, 0.3) is 0 Å². The number of hydrogen-bond acceptors (Lipinski definition) is 3. The van der Waals surface area contributed by atoms with Gasteiger partial charge < -0.3 is 10.6 Å². The Morgan fingerprint density at radius 1 is 1.24 bits per heavy atom. The Kier molecular flexibility index (Phi) is 5.70. The van der Waals surface area contributed by atoms with E-state index in [1.807, 2.05) is 6.07 Å². The molecular formula is C20H20ClN3O. The number of nitrogens with zero attached hydrogens (tertiary/aromatic N) is 1. The van der Waals surface area contributed by atoms with Crippen molar-refractivity contribution in [1.29, 1.82) is 5.26 Å². The van der Waals surface area contributed by atoms with Crippen molar-refractivity contribution in [2.45, 2.75) is 19.3 Å². The second-order valence-corrected chi connectivity index (χ2v) is 6.73. The molecule has 1 saturated carbocycles. The number of nitrogens with one attached hydrogen (secondary N) is 2. The van der Waals surface area contributed by atoms with Crippen molar-refractivity contribution < 1.29 is 4.79 Å². The van der Waals surface area contributed by atoms with Crippen LogP contribution in [0.2, 0.25) is 5.02 Å². The molecule has 0 unspecified atom stereocenters. The van der Waals surface area contributed by atoms with Gasteiger partial charge in [-0.05, 0) is 68.1 Å². The van der Waals surface area contributed by atoms with Crippen molar-refractivity contribution in [2.24, 2.45) is 5.92 Å². The predicted molar refractivity (Wildman–Crippen MR) is 99.9 cm³/mol. The third kappa shape index (κ3) is 4.82. The van der Waals surface area contributed by atoms with Crippen LogP contribution >= 0.6 is 11.6 Å². The molecular weight excluding hydrogens is 334 g/mol. The molecule has 0 aliphatic heterocycles. The maximum Gasteiger partial charge on any atom is 0.255 e. The van der Waals surface area contributed by atoms with E-state index in [2.05, 4.69) is 16.7 Å². The summed E-state index contributed by atoms with van der Waals surface area (Å²) in [6, 6.07) is 14.5. The van der Waals surface area contributed by atoms with Crippen molar-refractivity contribution in [2.75, 3.05) is 18.4 Å². The number of hydrogen-bond donors (Lipinski definition) is 2. The molecule has 2 N–H and O–H groups in total. The maximum absolute atomic E-state index is 12.3. The van der Waals surface area contributed by atoms with Gasteiger partial charge in [-0.1, -0.05) is 29.8 Å². The highest BCUT2D eigenvalue weighted by Crippen LogP contribution is 2.28. The molecule has 1 aliphatic carbocycles. The van der Waals surface area contributed by atoms with Crippen molar-refractivity contribution in [1.82, 2.24) is 5.32 Å². The summed E-state index contributed by atoms with van der Waals surface area (Å²) in [4.78, 5) is 12.3. The van der Waals surface area contributed by atoms with E-state index in [1.54, 1.807) is 36.4 Å². The summed E-state index contributed by atoms with van der Waals surface area (Å²) >= 11 is 6.35. The Hall–Kier alpha value is -2.35. The molecule has 0 atom stereocenters. The molecule has 4 nitrogen and oxygen atoms in total. The lowest BCUT2D eigenvalue weighted by molar-refractivity contribution is 0.102. The molecule has 128 valence electrons. The van der Waals surface area contributed by atoms with E-state index >= 15 is 0 Å². The molecule has 2 aromatic carbocycles. The molecule has 0 heterocycles. The number of nitriles is 1. The summed E-state index contributed by atoms with van der Waals surface area (Å²) in [7, 11) is 0. The molecule has 1 amide bonds. The largest absolute Gasteiger partial charge is 0.321 e. The lowest BCUT2D eigenvalue weighted by Gasteiger charge is -2.11. The van der Waals surface area contributed by atoms with Gasteiger partial charge in [0.25, 0.3) is 5.91 Å². The second-order valence-electron chi connectivity index (χ2n) is 6.32. The van der Waals surface area contributed by atoms with Crippen LogP contribution in [-0.2, 0) is 6.42 Å². The topological polar surface area (TPSA) is 64.9 Å². The minimum absolute atomic E-state index is 0.257. The molecule has 5 heteroatoms. The summed E-state index contributed by atoms with van der Waals surface area (Å²) in [6.07, 6.45) is 3.40. The number of halogens is 1. The predicted octanol–water partition coefficient (Wildman–Crippen LogP) is 4.01. The van der Waals surface area contributed by atoms with Crippen LogP contribution in [0.5, 0.6) is 0 Å². The van der Waals surface area contributed by atoms with Crippen LogP contribution in [0.1, 0.15) is 34.3 Å². The number of benzene rings is 2. The summed E-state index contributed by atoms with van der Waals surface area (Å²) in [5.41, 5.74) is 2.32. The minimum atomic E-state index is -0.257. The van der Waals surface area contributed by atoms with Gasteiger partial charge in [-0.2, -0.15) is 5.26 Å². The number of anilines is 1. The maximum atomic E-state index is 12.3. The minimum Gasteiger partial charge on any atom is -0.321 e. The number of carbonyl (C=O) groups excluding carboxylic acids is 1. The van der Waals surface area contributed by atoms with Gasteiger partial charge in [-0.25, -0.2) is 0 Å². The van der Waals surface area contributed by atoms with Gasteiger partial charge in [0.15, 0.2) is 0 Å². The van der Waals surface area contributed by atoms with Gasteiger partial charge >= 0.3 is 0 Å². The number of amides is 1. The normalized spacial score (nSPS) is 13.3. The third-order valence-corrected chi connectivity index (χ3v) is 4.64. The van der Waals surface area contributed by atoms with E-state index in [4.69, 9.17) is 11.6 Å². The molecule has 0 spiro atoms. The highest BCUT2D eigenvalue weighted by atomic mass is 35.5. The molecule has 1 fully saturated rings. The lowest BCUT2D eigenvalue weighted by Crippen LogP contribution is -2.20. The summed E-state index contributed by atoms with van der Waals surface area (Å²) in [5, 5.41) is 16.2. The molecule has 0 bridgehead atoms. The Morgan fingerprint density at radius 2 is 2.00 bits per heavy atom. The van der Waals surface area contributed by atoms with Crippen LogP contribution in [-0.4, -0.2) is 19.0 Å². The average molecular weight is 354 g/mol. The van der Waals surface area contributed by atoms with Crippen LogP contribution in [0.3, 0.4) is 0 Å². The lowest BCUT2D eigenvalue weighted by atomic mass is 10.1. The van der Waals surface area contributed by atoms with Gasteiger partial charge in [-0.15, -0.1) is 0 Å². The number of rotatable bonds is 7. The van der Waals surface area contributed by atoms with E-state index in [0.717, 1.165) is 31.0 Å². The van der Waals surface area contributed by atoms with Crippen LogP contribution in [0.4, 0.5) is 5.69 Å². The van der Waals surface area contributed by atoms with E-state index in [0.29, 0.717) is 21.8 Å². The highest BCUT2D eigenvalue weighted by Gasteiger charge is 2.20. The van der Waals surface area contributed by atoms with Crippen LogP contribution in [0.15, 0.2) is 42.5 Å². The van der Waals surface area contributed by atoms with E-state index in [1.165, 1.54) is 12.8 Å². The van der Waals surface area contributed by atoms with E-state index < -0.39 is 0 Å². The molecule has 0 aromatic heterocycles. The Bertz CT molecular complexity index is 795. The summed E-state index contributed by atoms with van der Waals surface area (Å²) in [6.45, 7) is 1.88. The van der Waals surface area contributed by atoms with Crippen molar-refractivity contribution >= 4 is 23.2 Å². The fourth-order valence-corrected chi connectivity index (χ4v) is 2.90. The average Bonchev–Trinajstić information content (AvgIpc) is 3.45. The Morgan fingerprint density at radius 3 is 2.68 bits per heavy atom. The van der Waals surface area contributed by atoms with Gasteiger partial charge in [0.1, 0.15) is 6.07 Å². The zero-order valence-corrected chi connectivity index (χ0v) is 14.6. The zero-order valence-electron chi connectivity index (χ0n) is 13.9. The monoisotopic (exact) mass is 353 g/mol. The highest BCUT2D eigenvalue weighted by molar-refractivity contribution is 6.31. The summed E-state index contributed by atoms with van der Waals surface area (Å²) in [5.74, 6) is 0.577. The fourth-order valence-electron chi connectivity index (χ4n) is 2.64. The standard InChI is InChI=1S/C20H20ClN3O/c21-18-11-19(24-20(25)15-4-2-1-3-5-15)17(12-22)10-16(18)8-9-23-13-14-6-7-14/h1-5,10-11,14,23H,6-9,13H2,(H,24,25). The first-order valence-corrected chi connectivity index (χ1v) is 8.85. The Labute approximate surface area is 152 Å². The molecule has 3 rings (SSSR count). The van der Waals surface area contributed by atoms with Gasteiger partial charge in [0.2, 0.25) is 0 Å². The van der Waals surface area contributed by atoms with Crippen LogP contribution in [0, 0.1) is 17.2 Å². The quantitative estimate of drug-likeness (QED) is 0.739. The zero-order chi connectivity index (χ0) is 17.6. The van der Waals surface area contributed by atoms with Crippen molar-refractivity contribution in [3.05, 3.63) is 64.2 Å². The fraction of sp³-hybridized carbons (Fsp3) is 0.300. The van der Waals surface area contributed by atoms with Gasteiger partial charge in [0.05, 0.1) is 11.3 Å². The number of carbonyl (C=O) groups is 1. The van der Waals surface area contributed by atoms with Crippen LogP contribution < -0.4 is 10.6 Å². The molecule has 25 heavy (non-hydrogen) atoms. The first kappa shape index (κ1) is 17.5. The van der Waals surface area contributed by atoms with Crippen molar-refractivity contribution in [3.63, 3.8) is 0 Å². The molecule has 0 radical (unpaired) electrons. The second kappa shape index (κ2) is 8.15. The SMILES string of the molecule is N#Cc1cc(CCNCC2CC2)c(Cl)cc1NC(=O)c1ccccc1. The van der Waals surface area contributed by atoms with E-state index in [-0.39, 0.29) is 5.91 Å². The molecule has 1 aliphatic rings. The van der Waals surface area contributed by atoms with Crippen molar-refractivity contribution in [3.8, 4) is 6.07 Å².